The molecule has 3 rings (SSSR count). The first-order chi connectivity index (χ1) is 15.1. The number of aliphatic hydroxyl groups excluding tert-OH is 1. The smallest absolute Gasteiger partial charge is 0.336 e. The lowest BCUT2D eigenvalue weighted by atomic mass is 10.1. The lowest BCUT2D eigenvalue weighted by Gasteiger charge is -2.13. The van der Waals surface area contributed by atoms with Crippen LogP contribution in [0.15, 0.2) is 48.5 Å². The van der Waals surface area contributed by atoms with E-state index in [0.717, 1.165) is 16.9 Å². The molecule has 0 saturated heterocycles. The van der Waals surface area contributed by atoms with Crippen molar-refractivity contribution in [1.82, 2.24) is 14.8 Å². The average Bonchev–Trinajstić information content (AvgIpc) is 3.21. The van der Waals surface area contributed by atoms with Crippen LogP contribution >= 0.6 is 0 Å². The van der Waals surface area contributed by atoms with Crippen molar-refractivity contribution in [2.45, 2.75) is 20.0 Å². The first kappa shape index (κ1) is 22.7. The fraction of sp³-hybridized carbons (Fsp3) is 0.391. The van der Waals surface area contributed by atoms with Gasteiger partial charge >= 0.3 is 6.01 Å². The number of hydrogen-bond acceptors (Lipinski definition) is 7. The topological polar surface area (TPSA) is 90.7 Å². The van der Waals surface area contributed by atoms with Gasteiger partial charge in [0.15, 0.2) is 5.82 Å². The lowest BCUT2D eigenvalue weighted by molar-refractivity contribution is 0.0496. The van der Waals surface area contributed by atoms with E-state index in [9.17, 15) is 5.11 Å². The summed E-state index contributed by atoms with van der Waals surface area (Å²) in [6.45, 7) is 6.10. The van der Waals surface area contributed by atoms with Crippen molar-refractivity contribution >= 4 is 5.69 Å². The van der Waals surface area contributed by atoms with Gasteiger partial charge in [0, 0.05) is 31.5 Å². The van der Waals surface area contributed by atoms with Gasteiger partial charge in [-0.2, -0.15) is 4.98 Å². The molecule has 0 aliphatic carbocycles. The van der Waals surface area contributed by atoms with Crippen LogP contribution in [0.3, 0.4) is 0 Å². The molecule has 0 aliphatic rings. The Kier molecular flexibility index (Phi) is 8.40. The molecule has 0 bridgehead atoms. The molecule has 1 unspecified atom stereocenters. The second kappa shape index (κ2) is 11.5. The molecule has 166 valence electrons. The standard InChI is InChI=1S/C23H30N4O4/c1-4-30-16-21(28)15-24-19-9-11-20(12-10-19)27-22(18-7-5-17(2)6-8-18)25-23(26-27)31-14-13-29-3/h5-12,21,24,28H,4,13-16H2,1-3H3. The summed E-state index contributed by atoms with van der Waals surface area (Å²) < 4.78 is 17.7. The molecule has 1 heterocycles. The molecular formula is C23H30N4O4. The van der Waals surface area contributed by atoms with E-state index < -0.39 is 6.10 Å². The van der Waals surface area contributed by atoms with Gasteiger partial charge in [-0.05, 0) is 38.1 Å². The minimum absolute atomic E-state index is 0.300. The number of ether oxygens (including phenoxy) is 3. The van der Waals surface area contributed by atoms with Gasteiger partial charge in [-0.25, -0.2) is 4.68 Å². The summed E-state index contributed by atoms with van der Waals surface area (Å²) in [4.78, 5) is 4.58. The number of benzene rings is 2. The summed E-state index contributed by atoms with van der Waals surface area (Å²) in [6, 6.07) is 16.2. The number of nitrogens with zero attached hydrogens (tertiary/aromatic N) is 3. The van der Waals surface area contributed by atoms with E-state index in [1.165, 1.54) is 5.56 Å². The van der Waals surface area contributed by atoms with Crippen LogP contribution in [0.1, 0.15) is 12.5 Å². The molecule has 0 amide bonds. The molecule has 0 aliphatic heterocycles. The van der Waals surface area contributed by atoms with Crippen molar-refractivity contribution in [3.63, 3.8) is 0 Å². The van der Waals surface area contributed by atoms with Crippen molar-refractivity contribution in [3.8, 4) is 23.1 Å². The fourth-order valence-electron chi connectivity index (χ4n) is 2.91. The van der Waals surface area contributed by atoms with E-state index in [0.29, 0.717) is 44.8 Å². The second-order valence-electron chi connectivity index (χ2n) is 7.08. The SMILES string of the molecule is CCOCC(O)CNc1ccc(-n2nc(OCCOC)nc2-c2ccc(C)cc2)cc1. The highest BCUT2D eigenvalue weighted by Crippen LogP contribution is 2.24. The maximum Gasteiger partial charge on any atom is 0.336 e. The Balaban J connectivity index is 1.78. The number of methoxy groups -OCH3 is 1. The molecule has 0 fully saturated rings. The van der Waals surface area contributed by atoms with Gasteiger partial charge in [0.25, 0.3) is 0 Å². The zero-order valence-corrected chi connectivity index (χ0v) is 18.2. The number of hydrogen-bond donors (Lipinski definition) is 2. The maximum atomic E-state index is 9.91. The monoisotopic (exact) mass is 426 g/mol. The van der Waals surface area contributed by atoms with Crippen molar-refractivity contribution < 1.29 is 19.3 Å². The summed E-state index contributed by atoms with van der Waals surface area (Å²) in [6.07, 6.45) is -0.560. The number of anilines is 1. The first-order valence-electron chi connectivity index (χ1n) is 10.4. The predicted octanol–water partition coefficient (Wildman–Crippen LogP) is 3.08. The Morgan fingerprint density at radius 2 is 1.81 bits per heavy atom. The Morgan fingerprint density at radius 3 is 2.48 bits per heavy atom. The number of aliphatic hydroxyl groups is 1. The highest BCUT2D eigenvalue weighted by atomic mass is 16.5. The zero-order valence-electron chi connectivity index (χ0n) is 18.2. The highest BCUT2D eigenvalue weighted by molar-refractivity contribution is 5.60. The summed E-state index contributed by atoms with van der Waals surface area (Å²) in [5, 5.41) is 17.7. The van der Waals surface area contributed by atoms with Gasteiger partial charge in [-0.1, -0.05) is 29.8 Å². The van der Waals surface area contributed by atoms with Crippen LogP contribution in [0.4, 0.5) is 5.69 Å². The second-order valence-corrected chi connectivity index (χ2v) is 7.08. The third-order valence-electron chi connectivity index (χ3n) is 4.58. The van der Waals surface area contributed by atoms with Crippen LogP contribution in [0.25, 0.3) is 17.1 Å². The Labute approximate surface area is 182 Å². The normalized spacial score (nSPS) is 12.0. The third-order valence-corrected chi connectivity index (χ3v) is 4.58. The van der Waals surface area contributed by atoms with Crippen LogP contribution in [-0.4, -0.2) is 66.1 Å². The largest absolute Gasteiger partial charge is 0.460 e. The molecule has 1 aromatic heterocycles. The maximum absolute atomic E-state index is 9.91. The molecule has 8 heteroatoms. The number of aryl methyl sites for hydroxylation is 1. The average molecular weight is 427 g/mol. The number of nitrogens with one attached hydrogen (secondary N) is 1. The van der Waals surface area contributed by atoms with Crippen molar-refractivity contribution in [2.75, 3.05) is 45.4 Å². The molecule has 0 radical (unpaired) electrons. The molecule has 2 aromatic carbocycles. The van der Waals surface area contributed by atoms with Crippen molar-refractivity contribution in [2.24, 2.45) is 0 Å². The van der Waals surface area contributed by atoms with Gasteiger partial charge in [0.1, 0.15) is 6.61 Å². The number of rotatable bonds is 12. The number of aromatic nitrogens is 3. The first-order valence-corrected chi connectivity index (χ1v) is 10.4. The molecule has 0 saturated carbocycles. The quantitative estimate of drug-likeness (QED) is 0.430. The molecule has 3 aromatic rings. The third kappa shape index (κ3) is 6.52. The van der Waals surface area contributed by atoms with Crippen molar-refractivity contribution in [1.29, 1.82) is 0 Å². The van der Waals surface area contributed by atoms with Gasteiger partial charge in [-0.3, -0.25) is 0 Å². The lowest BCUT2D eigenvalue weighted by Crippen LogP contribution is -2.24. The van der Waals surface area contributed by atoms with E-state index in [4.69, 9.17) is 14.2 Å². The van der Waals surface area contributed by atoms with E-state index in [2.05, 4.69) is 15.4 Å². The minimum Gasteiger partial charge on any atom is -0.460 e. The van der Waals surface area contributed by atoms with E-state index in [1.54, 1.807) is 11.8 Å². The van der Waals surface area contributed by atoms with E-state index >= 15 is 0 Å². The van der Waals surface area contributed by atoms with Crippen molar-refractivity contribution in [3.05, 3.63) is 54.1 Å². The van der Waals surface area contributed by atoms with E-state index in [1.807, 2.05) is 62.4 Å². The highest BCUT2D eigenvalue weighted by Gasteiger charge is 2.15. The van der Waals surface area contributed by atoms with Crippen LogP contribution in [0, 0.1) is 6.92 Å². The van der Waals surface area contributed by atoms with Gasteiger partial charge < -0.3 is 24.6 Å². The van der Waals surface area contributed by atoms with Gasteiger partial charge in [0.2, 0.25) is 0 Å². The predicted molar refractivity (Wildman–Crippen MR) is 120 cm³/mol. The summed E-state index contributed by atoms with van der Waals surface area (Å²) in [7, 11) is 1.62. The van der Waals surface area contributed by atoms with Crippen LogP contribution in [-0.2, 0) is 9.47 Å². The Morgan fingerprint density at radius 1 is 1.06 bits per heavy atom. The fourth-order valence-corrected chi connectivity index (χ4v) is 2.91. The minimum atomic E-state index is -0.560. The zero-order chi connectivity index (χ0) is 22.1. The Hall–Kier alpha value is -2.94. The van der Waals surface area contributed by atoms with Gasteiger partial charge in [0.05, 0.1) is 25.0 Å². The van der Waals surface area contributed by atoms with Gasteiger partial charge in [-0.15, -0.1) is 5.10 Å². The molecule has 8 nitrogen and oxygen atoms in total. The molecule has 31 heavy (non-hydrogen) atoms. The molecular weight excluding hydrogens is 396 g/mol. The summed E-state index contributed by atoms with van der Waals surface area (Å²) >= 11 is 0. The molecule has 0 spiro atoms. The summed E-state index contributed by atoms with van der Waals surface area (Å²) in [5.74, 6) is 0.695. The van der Waals surface area contributed by atoms with Crippen LogP contribution < -0.4 is 10.1 Å². The van der Waals surface area contributed by atoms with Crippen LogP contribution in [0.2, 0.25) is 0 Å². The van der Waals surface area contributed by atoms with Crippen LogP contribution in [0.5, 0.6) is 6.01 Å². The Bertz CT molecular complexity index is 926. The summed E-state index contributed by atoms with van der Waals surface area (Å²) in [5.41, 5.74) is 3.87. The molecule has 2 N–H and O–H groups in total. The molecule has 1 atom stereocenters. The van der Waals surface area contributed by atoms with E-state index in [-0.39, 0.29) is 0 Å².